The monoisotopic (exact) mass is 1260 g/mol. The average molecular weight is 1260 g/mol. The normalized spacial score (nSPS) is 21.4. The van der Waals surface area contributed by atoms with Crippen LogP contribution in [-0.4, -0.2) is 104 Å². The van der Waals surface area contributed by atoms with Crippen LogP contribution in [0.2, 0.25) is 10.0 Å². The largest absolute Gasteiger partial charge is 0.573 e. The first-order valence-electron chi connectivity index (χ1n) is 30.6. The number of ether oxygens (including phenoxy) is 1. The SMILES string of the molecule is CC(C)C1CCC2(CC1)N=C(c1ccc(Cl)c(Cl)c1)C(=O)N2C(CCCc1cc(OC(F)(F)F)cc(C2=NC3(CCC(C(C)(C)C)CC3)N(C(CCC(C)(C)C)c3ccc(C(=O)NCc4nn[nH]n4)cc3)C2=O)c1)c1ccc(C(=O)NCc2nn[nH]n2)cc1. The summed E-state index contributed by atoms with van der Waals surface area (Å²) >= 11 is 13.0. The molecular weight excluding hydrogens is 1180 g/mol. The van der Waals surface area contributed by atoms with Crippen LogP contribution in [0.4, 0.5) is 13.2 Å². The molecule has 19 nitrogen and oxygen atoms in total. The molecule has 2 aliphatic heterocycles. The van der Waals surface area contributed by atoms with Crippen molar-refractivity contribution in [2.75, 3.05) is 0 Å². The van der Waals surface area contributed by atoms with E-state index < -0.39 is 41.4 Å². The third-order valence-corrected chi connectivity index (χ3v) is 19.0. The molecule has 2 fully saturated rings. The number of amides is 4. The number of halogens is 5. The highest BCUT2D eigenvalue weighted by atomic mass is 35.5. The summed E-state index contributed by atoms with van der Waals surface area (Å²) in [6.07, 6.45) is 2.37. The predicted molar refractivity (Wildman–Crippen MR) is 331 cm³/mol. The highest BCUT2D eigenvalue weighted by Gasteiger charge is 2.54. The van der Waals surface area contributed by atoms with E-state index in [-0.39, 0.29) is 70.1 Å². The summed E-state index contributed by atoms with van der Waals surface area (Å²) in [5, 5.41) is 33.7. The molecule has 2 unspecified atom stereocenters. The highest BCUT2D eigenvalue weighted by molar-refractivity contribution is 6.48. The number of hydrogen-bond donors (Lipinski definition) is 4. The Morgan fingerprint density at radius 1 is 0.663 bits per heavy atom. The molecule has 2 aliphatic carbocycles. The zero-order valence-electron chi connectivity index (χ0n) is 51.5. The van der Waals surface area contributed by atoms with E-state index in [1.54, 1.807) is 48.5 Å². The first-order valence-corrected chi connectivity index (χ1v) is 31.4. The van der Waals surface area contributed by atoms with Gasteiger partial charge in [-0.05, 0) is 183 Å². The number of aryl methyl sites for hydroxylation is 1. The van der Waals surface area contributed by atoms with Crippen molar-refractivity contribution < 1.29 is 37.1 Å². The molecule has 4 aromatic carbocycles. The quantitative estimate of drug-likeness (QED) is 0.0560. The van der Waals surface area contributed by atoms with Crippen molar-refractivity contribution >= 4 is 58.3 Å². The van der Waals surface area contributed by atoms with Crippen LogP contribution in [-0.2, 0) is 29.1 Å². The van der Waals surface area contributed by atoms with E-state index in [1.165, 1.54) is 12.1 Å². The van der Waals surface area contributed by atoms with Crippen molar-refractivity contribution in [2.24, 2.45) is 38.6 Å². The lowest BCUT2D eigenvalue weighted by Gasteiger charge is -2.47. The Hall–Kier alpha value is -7.59. The number of aromatic nitrogens is 8. The number of H-pyrrole nitrogens is 2. The number of tetrazole rings is 2. The van der Waals surface area contributed by atoms with Gasteiger partial charge in [-0.2, -0.15) is 10.4 Å². The molecule has 0 radical (unpaired) electrons. The fourth-order valence-electron chi connectivity index (χ4n) is 13.4. The molecule has 6 aromatic rings. The van der Waals surface area contributed by atoms with Crippen molar-refractivity contribution in [3.05, 3.63) is 146 Å². The lowest BCUT2D eigenvalue weighted by molar-refractivity contribution is -0.274. The lowest BCUT2D eigenvalue weighted by Crippen LogP contribution is -2.51. The molecule has 4 N–H and O–H groups in total. The zero-order chi connectivity index (χ0) is 63.6. The number of aromatic amines is 2. The molecule has 4 amide bonds. The molecule has 4 heterocycles. The Morgan fingerprint density at radius 2 is 1.17 bits per heavy atom. The summed E-state index contributed by atoms with van der Waals surface area (Å²) in [6, 6.07) is 22.4. The molecule has 24 heteroatoms. The van der Waals surface area contributed by atoms with Crippen molar-refractivity contribution in [3.63, 3.8) is 0 Å². The van der Waals surface area contributed by atoms with Gasteiger partial charge in [0.15, 0.2) is 11.6 Å². The maximum Gasteiger partial charge on any atom is 0.573 e. The fourth-order valence-corrected chi connectivity index (χ4v) is 13.7. The Kier molecular flexibility index (Phi) is 18.9. The topological polar surface area (TPSA) is 242 Å². The van der Waals surface area contributed by atoms with Crippen LogP contribution < -0.4 is 15.4 Å². The fraction of sp³-hybridized carbons (Fsp3) is 0.508. The number of aliphatic imine (C=N–C) groups is 2. The van der Waals surface area contributed by atoms with Gasteiger partial charge in [-0.3, -0.25) is 29.2 Å². The standard InChI is InChI=1S/C65H77Cl2F3N14O5/c1-38(2)40-22-28-63(29-23-40)73-55(45-20-21-49(66)50(67)35-45)59(87)83(63)51(41-12-16-43(17-13-41)57(85)71-36-53-75-79-80-76-53)11-9-10-39-32-46(34-48(33-39)89-65(68,69)70)56-60(88)84(64(74-56)30-24-47(25-31-64)62(6,7)8)52(26-27-61(3,4)5)42-14-18-44(19-15-42)58(86)72-37-54-77-81-82-78-54/h12-21,32-35,38,40,47,51-52H,9-11,22-31,36-37H2,1-8H3,(H,71,85)(H,72,86)(H,75,76,79,80)(H,77,78,81,82). The Labute approximate surface area is 526 Å². The first-order chi connectivity index (χ1) is 42.2. The number of hydrogen-bond acceptors (Lipinski definition) is 13. The number of alkyl halides is 3. The van der Waals surface area contributed by atoms with Gasteiger partial charge in [-0.15, -0.1) is 33.6 Å². The summed E-state index contributed by atoms with van der Waals surface area (Å²) in [4.78, 5) is 72.5. The van der Waals surface area contributed by atoms with Crippen LogP contribution >= 0.6 is 23.2 Å². The van der Waals surface area contributed by atoms with Gasteiger partial charge < -0.3 is 25.2 Å². The van der Waals surface area contributed by atoms with Crippen molar-refractivity contribution in [1.29, 1.82) is 0 Å². The molecule has 10 rings (SSSR count). The van der Waals surface area contributed by atoms with E-state index in [0.717, 1.165) is 36.8 Å². The second-order valence-corrected chi connectivity index (χ2v) is 27.6. The van der Waals surface area contributed by atoms with Gasteiger partial charge in [0, 0.05) is 22.3 Å². The maximum absolute atomic E-state index is 15.8. The minimum Gasteiger partial charge on any atom is -0.406 e. The Balaban J connectivity index is 1.00. The van der Waals surface area contributed by atoms with Gasteiger partial charge in [-0.25, -0.2) is 0 Å². The van der Waals surface area contributed by atoms with Gasteiger partial charge in [0.05, 0.1) is 35.2 Å². The number of benzene rings is 4. The van der Waals surface area contributed by atoms with Gasteiger partial charge in [-0.1, -0.05) is 119 Å². The molecular formula is C65H77Cl2F3N14O5. The number of carbonyl (C=O) groups is 4. The van der Waals surface area contributed by atoms with E-state index in [1.807, 2.05) is 34.1 Å². The van der Waals surface area contributed by atoms with Gasteiger partial charge >= 0.3 is 6.36 Å². The minimum absolute atomic E-state index is 0.0296. The molecule has 2 atom stereocenters. The van der Waals surface area contributed by atoms with Gasteiger partial charge in [0.2, 0.25) is 0 Å². The summed E-state index contributed by atoms with van der Waals surface area (Å²) in [5.41, 5.74) is 1.50. The predicted octanol–water partition coefficient (Wildman–Crippen LogP) is 12.8. The summed E-state index contributed by atoms with van der Waals surface area (Å²) < 4.78 is 48.3. The van der Waals surface area contributed by atoms with Gasteiger partial charge in [0.25, 0.3) is 23.6 Å². The number of nitrogens with one attached hydrogen (secondary N) is 4. The Bertz CT molecular complexity index is 3570. The average Bonchev–Trinajstić information content (AvgIpc) is 1.64. The van der Waals surface area contributed by atoms with Crippen LogP contribution in [0.1, 0.15) is 205 Å². The van der Waals surface area contributed by atoms with Crippen LogP contribution in [0.15, 0.2) is 94.9 Å². The number of nitrogens with zero attached hydrogens (tertiary/aromatic N) is 10. The molecule has 2 spiro atoms. The second kappa shape index (κ2) is 26.1. The van der Waals surface area contributed by atoms with Crippen LogP contribution in [0.5, 0.6) is 5.75 Å². The highest BCUT2D eigenvalue weighted by Crippen LogP contribution is 2.52. The van der Waals surface area contributed by atoms with E-state index >= 15 is 9.59 Å². The van der Waals surface area contributed by atoms with Crippen LogP contribution in [0.25, 0.3) is 0 Å². The van der Waals surface area contributed by atoms with E-state index in [9.17, 15) is 22.8 Å². The van der Waals surface area contributed by atoms with Crippen molar-refractivity contribution in [1.82, 2.24) is 61.7 Å². The molecule has 0 bridgehead atoms. The summed E-state index contributed by atoms with van der Waals surface area (Å²) in [6.45, 7) is 17.5. The first kappa shape index (κ1) is 64.4. The summed E-state index contributed by atoms with van der Waals surface area (Å²) in [5.74, 6) is -0.210. The molecule has 89 heavy (non-hydrogen) atoms. The third kappa shape index (κ3) is 14.9. The smallest absolute Gasteiger partial charge is 0.406 e. The van der Waals surface area contributed by atoms with Crippen molar-refractivity contribution in [2.45, 2.75) is 182 Å². The van der Waals surface area contributed by atoms with E-state index in [4.69, 9.17) is 37.9 Å². The van der Waals surface area contributed by atoms with E-state index in [0.29, 0.717) is 108 Å². The maximum atomic E-state index is 15.8. The van der Waals surface area contributed by atoms with Crippen LogP contribution in [0, 0.1) is 28.6 Å². The molecule has 2 aromatic heterocycles. The van der Waals surface area contributed by atoms with E-state index in [2.05, 4.69) is 107 Å². The zero-order valence-corrected chi connectivity index (χ0v) is 53.0. The lowest BCUT2D eigenvalue weighted by atomic mass is 9.69. The number of carbonyl (C=O) groups excluding carboxylic acids is 4. The molecule has 472 valence electrons. The van der Waals surface area contributed by atoms with Crippen LogP contribution in [0.3, 0.4) is 0 Å². The van der Waals surface area contributed by atoms with Crippen molar-refractivity contribution in [3.8, 4) is 5.75 Å². The minimum atomic E-state index is -5.07. The number of rotatable bonds is 20. The van der Waals surface area contributed by atoms with Gasteiger partial charge in [0.1, 0.15) is 28.5 Å². The molecule has 0 saturated heterocycles. The molecule has 2 saturated carbocycles. The summed E-state index contributed by atoms with van der Waals surface area (Å²) in [7, 11) is 0. The molecule has 4 aliphatic rings. The second-order valence-electron chi connectivity index (χ2n) is 26.8. The third-order valence-electron chi connectivity index (χ3n) is 18.3. The Morgan fingerprint density at radius 3 is 1.63 bits per heavy atom.